The normalized spacial score (nSPS) is 19.1. The molecule has 5 N–H and O–H groups in total. The number of fused-ring (bicyclic) bond motifs is 1. The Kier molecular flexibility index (Phi) is 7.93. The number of carbonyl (C=O) groups excluding carboxylic acids is 2. The van der Waals surface area contributed by atoms with Crippen LogP contribution in [0.3, 0.4) is 0 Å². The van der Waals surface area contributed by atoms with E-state index in [0.29, 0.717) is 16.7 Å². The van der Waals surface area contributed by atoms with Crippen molar-refractivity contribution in [3.63, 3.8) is 0 Å². The van der Waals surface area contributed by atoms with Crippen molar-refractivity contribution in [1.82, 2.24) is 15.2 Å². The molecule has 15 heteroatoms. The first kappa shape index (κ1) is 28.3. The van der Waals surface area contributed by atoms with Gasteiger partial charge in [0.1, 0.15) is 22.8 Å². The lowest BCUT2D eigenvalue weighted by atomic mass is 10.0. The highest BCUT2D eigenvalue weighted by Gasteiger charge is 2.54. The zero-order chi connectivity index (χ0) is 29.2. The first-order valence-corrected chi connectivity index (χ1v) is 13.5. The maximum Gasteiger partial charge on any atom is 0.352 e. The summed E-state index contributed by atoms with van der Waals surface area (Å²) in [5.41, 5.74) is 4.66. The van der Waals surface area contributed by atoms with E-state index in [9.17, 15) is 34.7 Å². The molecule has 13 nitrogen and oxygen atoms in total. The fourth-order valence-electron chi connectivity index (χ4n) is 3.71. The van der Waals surface area contributed by atoms with Crippen molar-refractivity contribution in [2.75, 3.05) is 11.5 Å². The molecule has 1 unspecified atom stereocenters. The van der Waals surface area contributed by atoms with Crippen molar-refractivity contribution in [2.45, 2.75) is 30.9 Å². The quantitative estimate of drug-likeness (QED) is 0.190. The van der Waals surface area contributed by atoms with E-state index in [-0.39, 0.29) is 22.3 Å². The molecule has 1 aromatic carbocycles. The molecular weight excluding hydrogens is 560 g/mol. The van der Waals surface area contributed by atoms with Gasteiger partial charge in [0.05, 0.1) is 11.6 Å². The third-order valence-electron chi connectivity index (χ3n) is 5.89. The minimum Gasteiger partial charge on any atom is -0.478 e. The number of rotatable bonds is 9. The van der Waals surface area contributed by atoms with E-state index in [2.05, 4.69) is 21.5 Å². The predicted molar refractivity (Wildman–Crippen MR) is 146 cm³/mol. The molecule has 0 spiro atoms. The lowest BCUT2D eigenvalue weighted by Crippen LogP contribution is -2.71. The smallest absolute Gasteiger partial charge is 0.352 e. The fourth-order valence-corrected chi connectivity index (χ4v) is 5.58. The van der Waals surface area contributed by atoms with Crippen LogP contribution >= 0.6 is 23.1 Å². The summed E-state index contributed by atoms with van der Waals surface area (Å²) in [6.07, 6.45) is 3.17. The van der Waals surface area contributed by atoms with Gasteiger partial charge in [0, 0.05) is 11.1 Å². The van der Waals surface area contributed by atoms with Crippen molar-refractivity contribution in [1.29, 1.82) is 5.26 Å². The van der Waals surface area contributed by atoms with Gasteiger partial charge in [-0.15, -0.1) is 23.1 Å². The number of nitrogens with one attached hydrogen (secondary N) is 1. The zero-order valence-electron chi connectivity index (χ0n) is 21.0. The van der Waals surface area contributed by atoms with E-state index < -0.39 is 46.5 Å². The topological polar surface area (TPSA) is 208 Å². The first-order chi connectivity index (χ1) is 18.9. The summed E-state index contributed by atoms with van der Waals surface area (Å²) in [7, 11) is 0. The summed E-state index contributed by atoms with van der Waals surface area (Å²) in [5.74, 6) is -3.97. The second-order valence-electron chi connectivity index (χ2n) is 8.99. The fraction of sp³-hybridized carbons (Fsp3) is 0.240. The highest BCUT2D eigenvalue weighted by molar-refractivity contribution is 8.00. The number of aliphatic carboxylic acids is 2. The number of hydrogen-bond donors (Lipinski definition) is 4. The van der Waals surface area contributed by atoms with Gasteiger partial charge in [-0.05, 0) is 31.1 Å². The van der Waals surface area contributed by atoms with E-state index in [4.69, 9.17) is 10.6 Å². The summed E-state index contributed by atoms with van der Waals surface area (Å²) < 4.78 is 0. The van der Waals surface area contributed by atoms with Crippen molar-refractivity contribution < 1.29 is 34.2 Å². The number of nitrogens with two attached hydrogens (primary N) is 1. The Morgan fingerprint density at radius 1 is 1.30 bits per heavy atom. The van der Waals surface area contributed by atoms with Crippen LogP contribution in [0.4, 0.5) is 5.13 Å². The number of thioether (sulfide) groups is 1. The second kappa shape index (κ2) is 11.2. The Hall–Kier alpha value is -4.68. The Morgan fingerprint density at radius 2 is 2.02 bits per heavy atom. The van der Waals surface area contributed by atoms with Crippen LogP contribution in [-0.4, -0.2) is 72.3 Å². The molecule has 1 aromatic heterocycles. The van der Waals surface area contributed by atoms with Crippen LogP contribution in [0.15, 0.2) is 52.1 Å². The molecule has 2 aromatic rings. The maximum atomic E-state index is 13.2. The number of anilines is 1. The van der Waals surface area contributed by atoms with Gasteiger partial charge in [0.25, 0.3) is 11.8 Å². The van der Waals surface area contributed by atoms with Crippen LogP contribution < -0.4 is 11.1 Å². The van der Waals surface area contributed by atoms with Crippen LogP contribution in [0.2, 0.25) is 0 Å². The highest BCUT2D eigenvalue weighted by atomic mass is 32.2. The van der Waals surface area contributed by atoms with E-state index in [0.717, 1.165) is 16.2 Å². The first-order valence-electron chi connectivity index (χ1n) is 11.5. The number of amides is 2. The molecule has 2 aliphatic rings. The molecule has 3 heterocycles. The summed E-state index contributed by atoms with van der Waals surface area (Å²) in [5, 5.41) is 35.6. The van der Waals surface area contributed by atoms with E-state index in [1.165, 1.54) is 31.0 Å². The molecule has 40 heavy (non-hydrogen) atoms. The maximum absolute atomic E-state index is 13.2. The van der Waals surface area contributed by atoms with E-state index >= 15 is 0 Å². The number of nitrogen functional groups attached to an aromatic ring is 1. The van der Waals surface area contributed by atoms with Crippen molar-refractivity contribution in [3.8, 4) is 6.07 Å². The SMILES string of the molecule is CC(C)(O/N=C(\C(=O)NC1C(=O)N2C(C(=O)O)=C(/C=C/c3ccccc3C#N)CS[C@H]12)c1csc(N)n1)C(=O)O. The van der Waals surface area contributed by atoms with Crippen LogP contribution in [0.25, 0.3) is 6.08 Å². The number of benzene rings is 1. The molecule has 0 bridgehead atoms. The molecule has 0 saturated carbocycles. The standard InChI is InChI=1S/C25H22N6O7S2/c1-25(2,23(36)37)38-30-16(15-11-40-24(27)28-15)19(32)29-17-20(33)31-18(22(34)35)14(10-39-21(17)31)8-7-12-5-3-4-6-13(12)9-26/h3-8,11,17,21H,10H2,1-2H3,(H2,27,28)(H,29,32)(H,34,35)(H,36,37)/b8-7+,30-16-/t17?,21-/m1/s1. The second-order valence-corrected chi connectivity index (χ2v) is 11.0. The van der Waals surface area contributed by atoms with Gasteiger partial charge in [-0.2, -0.15) is 5.26 Å². The number of thiazole rings is 1. The van der Waals surface area contributed by atoms with Crippen LogP contribution in [0.5, 0.6) is 0 Å². The van der Waals surface area contributed by atoms with Crippen molar-refractivity contribution in [3.05, 3.63) is 63.8 Å². The van der Waals surface area contributed by atoms with Crippen LogP contribution in [0, 0.1) is 11.3 Å². The van der Waals surface area contributed by atoms with Gasteiger partial charge in [0.15, 0.2) is 10.8 Å². The Labute approximate surface area is 235 Å². The van der Waals surface area contributed by atoms with Gasteiger partial charge < -0.3 is 26.1 Å². The lowest BCUT2D eigenvalue weighted by Gasteiger charge is -2.49. The monoisotopic (exact) mass is 582 g/mol. The molecule has 2 aliphatic heterocycles. The number of aromatic nitrogens is 1. The molecular formula is C25H22N6O7S2. The van der Waals surface area contributed by atoms with Gasteiger partial charge in [-0.25, -0.2) is 14.6 Å². The third-order valence-corrected chi connectivity index (χ3v) is 7.87. The number of allylic oxidation sites excluding steroid dienone is 1. The van der Waals surface area contributed by atoms with E-state index in [1.54, 1.807) is 36.4 Å². The minimum absolute atomic E-state index is 0.0114. The Morgan fingerprint density at radius 3 is 2.65 bits per heavy atom. The largest absolute Gasteiger partial charge is 0.478 e. The number of nitriles is 1. The Bertz CT molecular complexity index is 1540. The molecule has 4 rings (SSSR count). The number of carboxylic acids is 2. The van der Waals surface area contributed by atoms with Gasteiger partial charge in [0.2, 0.25) is 5.60 Å². The summed E-state index contributed by atoms with van der Waals surface area (Å²) in [6.45, 7) is 2.47. The van der Waals surface area contributed by atoms with Crippen LogP contribution in [-0.2, 0) is 24.0 Å². The summed E-state index contributed by atoms with van der Waals surface area (Å²) in [6, 6.07) is 7.78. The summed E-state index contributed by atoms with van der Waals surface area (Å²) >= 11 is 2.26. The molecule has 1 saturated heterocycles. The molecule has 1 fully saturated rings. The zero-order valence-corrected chi connectivity index (χ0v) is 22.7. The molecule has 0 aliphatic carbocycles. The van der Waals surface area contributed by atoms with E-state index in [1.807, 2.05) is 0 Å². The van der Waals surface area contributed by atoms with Gasteiger partial charge >= 0.3 is 11.9 Å². The minimum atomic E-state index is -1.77. The molecule has 2 atom stereocenters. The third kappa shape index (κ3) is 5.53. The highest BCUT2D eigenvalue weighted by Crippen LogP contribution is 2.41. The number of oxime groups is 1. The number of carboxylic acid groups (broad SMARTS) is 2. The molecule has 206 valence electrons. The van der Waals surface area contributed by atoms with Crippen LogP contribution in [0.1, 0.15) is 30.7 Å². The number of nitrogens with zero attached hydrogens (tertiary/aromatic N) is 4. The molecule has 0 radical (unpaired) electrons. The number of carbonyl (C=O) groups is 4. The van der Waals surface area contributed by atoms with Crippen molar-refractivity contribution in [2.24, 2.45) is 5.16 Å². The van der Waals surface area contributed by atoms with Crippen molar-refractivity contribution >= 4 is 63.8 Å². The predicted octanol–water partition coefficient (Wildman–Crippen LogP) is 1.63. The number of hydrogen-bond acceptors (Lipinski definition) is 11. The average Bonchev–Trinajstić information content (AvgIpc) is 3.35. The Balaban J connectivity index is 1.57. The average molecular weight is 583 g/mol. The number of β-lactam (4-membered cyclic amide) rings is 1. The lowest BCUT2D eigenvalue weighted by molar-refractivity contribution is -0.161. The molecule has 2 amide bonds. The van der Waals surface area contributed by atoms with Gasteiger partial charge in [-0.1, -0.05) is 35.5 Å². The summed E-state index contributed by atoms with van der Waals surface area (Å²) in [4.78, 5) is 60.0. The van der Waals surface area contributed by atoms with Gasteiger partial charge in [-0.3, -0.25) is 14.5 Å².